The molecule has 0 amide bonds. The SMILES string of the molecule is CC(C)OC(=O)c1ccc2c(n1)CCC2. The summed E-state index contributed by atoms with van der Waals surface area (Å²) >= 11 is 0. The number of pyridine rings is 1. The second kappa shape index (κ2) is 4.01. The smallest absolute Gasteiger partial charge is 0.357 e. The average molecular weight is 205 g/mol. The highest BCUT2D eigenvalue weighted by Crippen LogP contribution is 2.20. The molecule has 0 fully saturated rings. The first-order valence-electron chi connectivity index (χ1n) is 5.36. The highest BCUT2D eigenvalue weighted by Gasteiger charge is 2.16. The van der Waals surface area contributed by atoms with Crippen LogP contribution >= 0.6 is 0 Å². The minimum absolute atomic E-state index is 0.0902. The van der Waals surface area contributed by atoms with E-state index < -0.39 is 0 Å². The Labute approximate surface area is 89.5 Å². The monoisotopic (exact) mass is 205 g/mol. The van der Waals surface area contributed by atoms with Crippen LogP contribution in [0.2, 0.25) is 0 Å². The Morgan fingerprint density at radius 3 is 2.93 bits per heavy atom. The fourth-order valence-electron chi connectivity index (χ4n) is 1.81. The Morgan fingerprint density at radius 1 is 1.40 bits per heavy atom. The van der Waals surface area contributed by atoms with E-state index in [2.05, 4.69) is 4.98 Å². The van der Waals surface area contributed by atoms with Crippen LogP contribution in [0.5, 0.6) is 0 Å². The van der Waals surface area contributed by atoms with Crippen molar-refractivity contribution in [3.8, 4) is 0 Å². The van der Waals surface area contributed by atoms with Crippen molar-refractivity contribution in [3.05, 3.63) is 29.1 Å². The average Bonchev–Trinajstić information content (AvgIpc) is 2.62. The summed E-state index contributed by atoms with van der Waals surface area (Å²) in [6, 6.07) is 3.75. The third-order valence-electron chi connectivity index (χ3n) is 2.48. The lowest BCUT2D eigenvalue weighted by molar-refractivity contribution is 0.0370. The largest absolute Gasteiger partial charge is 0.458 e. The molecular weight excluding hydrogens is 190 g/mol. The van der Waals surface area contributed by atoms with Crippen LogP contribution in [-0.4, -0.2) is 17.1 Å². The molecule has 0 aliphatic heterocycles. The highest BCUT2D eigenvalue weighted by molar-refractivity contribution is 5.87. The van der Waals surface area contributed by atoms with Gasteiger partial charge in [-0.2, -0.15) is 0 Å². The Hall–Kier alpha value is -1.38. The standard InChI is InChI=1S/C12H15NO2/c1-8(2)15-12(14)11-7-6-9-4-3-5-10(9)13-11/h6-8H,3-5H2,1-2H3. The van der Waals surface area contributed by atoms with Gasteiger partial charge >= 0.3 is 5.97 Å². The van der Waals surface area contributed by atoms with Gasteiger partial charge in [-0.3, -0.25) is 0 Å². The van der Waals surface area contributed by atoms with E-state index in [-0.39, 0.29) is 12.1 Å². The van der Waals surface area contributed by atoms with E-state index in [0.717, 1.165) is 25.0 Å². The second-order valence-corrected chi connectivity index (χ2v) is 4.11. The van der Waals surface area contributed by atoms with Gasteiger partial charge in [-0.1, -0.05) is 6.07 Å². The molecule has 3 heteroatoms. The van der Waals surface area contributed by atoms with Gasteiger partial charge in [-0.15, -0.1) is 0 Å². The van der Waals surface area contributed by atoms with Crippen LogP contribution in [-0.2, 0) is 17.6 Å². The summed E-state index contributed by atoms with van der Waals surface area (Å²) in [6.07, 6.45) is 3.12. The molecule has 15 heavy (non-hydrogen) atoms. The van der Waals surface area contributed by atoms with E-state index in [1.54, 1.807) is 6.07 Å². The number of ether oxygens (including phenoxy) is 1. The lowest BCUT2D eigenvalue weighted by Gasteiger charge is -2.08. The minimum atomic E-state index is -0.320. The molecule has 0 N–H and O–H groups in total. The first kappa shape index (κ1) is 10.1. The molecule has 2 rings (SSSR count). The fourth-order valence-corrected chi connectivity index (χ4v) is 1.81. The molecule has 0 bridgehead atoms. The van der Waals surface area contributed by atoms with Crippen LogP contribution in [0.1, 0.15) is 42.0 Å². The normalized spacial score (nSPS) is 14.1. The number of hydrogen-bond acceptors (Lipinski definition) is 3. The van der Waals surface area contributed by atoms with Crippen LogP contribution in [0.3, 0.4) is 0 Å². The first-order valence-corrected chi connectivity index (χ1v) is 5.36. The van der Waals surface area contributed by atoms with E-state index in [4.69, 9.17) is 4.74 Å². The predicted octanol–water partition coefficient (Wildman–Crippen LogP) is 2.14. The van der Waals surface area contributed by atoms with Crippen molar-refractivity contribution in [1.29, 1.82) is 0 Å². The maximum absolute atomic E-state index is 11.6. The summed E-state index contributed by atoms with van der Waals surface area (Å²) in [4.78, 5) is 15.9. The van der Waals surface area contributed by atoms with Crippen molar-refractivity contribution < 1.29 is 9.53 Å². The van der Waals surface area contributed by atoms with Gasteiger partial charge in [0.25, 0.3) is 0 Å². The Balaban J connectivity index is 2.19. The van der Waals surface area contributed by atoms with Crippen LogP contribution < -0.4 is 0 Å². The van der Waals surface area contributed by atoms with Crippen LogP contribution in [0.15, 0.2) is 12.1 Å². The van der Waals surface area contributed by atoms with Gasteiger partial charge in [0.2, 0.25) is 0 Å². The number of nitrogens with zero attached hydrogens (tertiary/aromatic N) is 1. The zero-order valence-electron chi connectivity index (χ0n) is 9.12. The molecule has 1 heterocycles. The van der Waals surface area contributed by atoms with Crippen molar-refractivity contribution in [2.24, 2.45) is 0 Å². The van der Waals surface area contributed by atoms with Crippen molar-refractivity contribution in [2.45, 2.75) is 39.2 Å². The van der Waals surface area contributed by atoms with Crippen LogP contribution in [0.4, 0.5) is 0 Å². The molecule has 0 saturated heterocycles. The lowest BCUT2D eigenvalue weighted by atomic mass is 10.2. The molecule has 0 spiro atoms. The number of aryl methyl sites for hydroxylation is 2. The van der Waals surface area contributed by atoms with Crippen molar-refractivity contribution in [3.63, 3.8) is 0 Å². The number of aromatic nitrogens is 1. The number of carbonyl (C=O) groups excluding carboxylic acids is 1. The number of hydrogen-bond donors (Lipinski definition) is 0. The topological polar surface area (TPSA) is 39.2 Å². The van der Waals surface area contributed by atoms with E-state index in [1.807, 2.05) is 19.9 Å². The van der Waals surface area contributed by atoms with E-state index in [1.165, 1.54) is 5.56 Å². The maximum atomic E-state index is 11.6. The number of fused-ring (bicyclic) bond motifs is 1. The van der Waals surface area contributed by atoms with Gasteiger partial charge in [0.1, 0.15) is 5.69 Å². The predicted molar refractivity (Wildman–Crippen MR) is 56.8 cm³/mol. The Bertz CT molecular complexity index is 385. The Morgan fingerprint density at radius 2 is 2.20 bits per heavy atom. The summed E-state index contributed by atoms with van der Waals surface area (Å²) in [5, 5.41) is 0. The third-order valence-corrected chi connectivity index (χ3v) is 2.48. The fraction of sp³-hybridized carbons (Fsp3) is 0.500. The molecule has 0 radical (unpaired) electrons. The van der Waals surface area contributed by atoms with Crippen molar-refractivity contribution >= 4 is 5.97 Å². The van der Waals surface area contributed by atoms with E-state index >= 15 is 0 Å². The van der Waals surface area contributed by atoms with E-state index in [0.29, 0.717) is 5.69 Å². The summed E-state index contributed by atoms with van der Waals surface area (Å²) in [5.74, 6) is -0.320. The van der Waals surface area contributed by atoms with E-state index in [9.17, 15) is 4.79 Å². The zero-order chi connectivity index (χ0) is 10.8. The van der Waals surface area contributed by atoms with Gasteiger partial charge in [0.15, 0.2) is 0 Å². The number of esters is 1. The zero-order valence-corrected chi connectivity index (χ0v) is 9.12. The molecule has 1 aliphatic rings. The van der Waals surface area contributed by atoms with Gasteiger partial charge in [0.05, 0.1) is 6.10 Å². The Kier molecular flexibility index (Phi) is 2.71. The van der Waals surface area contributed by atoms with Crippen molar-refractivity contribution in [2.75, 3.05) is 0 Å². The summed E-state index contributed by atoms with van der Waals surface area (Å²) < 4.78 is 5.09. The molecule has 0 atom stereocenters. The summed E-state index contributed by atoms with van der Waals surface area (Å²) in [5.41, 5.74) is 2.77. The third kappa shape index (κ3) is 2.17. The molecule has 0 unspecified atom stereocenters. The molecule has 1 aliphatic carbocycles. The van der Waals surface area contributed by atoms with Gasteiger partial charge in [-0.25, -0.2) is 9.78 Å². The molecule has 1 aromatic heterocycles. The van der Waals surface area contributed by atoms with Crippen molar-refractivity contribution in [1.82, 2.24) is 4.98 Å². The highest BCUT2D eigenvalue weighted by atomic mass is 16.5. The van der Waals surface area contributed by atoms with Gasteiger partial charge in [-0.05, 0) is 44.7 Å². The molecule has 80 valence electrons. The van der Waals surface area contributed by atoms with Crippen LogP contribution in [0, 0.1) is 0 Å². The molecule has 3 nitrogen and oxygen atoms in total. The molecule has 1 aromatic rings. The number of carbonyl (C=O) groups is 1. The second-order valence-electron chi connectivity index (χ2n) is 4.11. The van der Waals surface area contributed by atoms with Gasteiger partial charge in [0, 0.05) is 5.69 Å². The number of rotatable bonds is 2. The summed E-state index contributed by atoms with van der Waals surface area (Å²) in [6.45, 7) is 3.68. The summed E-state index contributed by atoms with van der Waals surface area (Å²) in [7, 11) is 0. The van der Waals surface area contributed by atoms with Gasteiger partial charge < -0.3 is 4.74 Å². The molecule has 0 aromatic carbocycles. The van der Waals surface area contributed by atoms with Crippen LogP contribution in [0.25, 0.3) is 0 Å². The lowest BCUT2D eigenvalue weighted by Crippen LogP contribution is -2.13. The first-order chi connectivity index (χ1) is 7.16. The quantitative estimate of drug-likeness (QED) is 0.694. The minimum Gasteiger partial charge on any atom is -0.458 e. The molecular formula is C12H15NO2. The maximum Gasteiger partial charge on any atom is 0.357 e. The molecule has 0 saturated carbocycles.